The molecule has 1 aromatic carbocycles. The Labute approximate surface area is 240 Å². The summed E-state index contributed by atoms with van der Waals surface area (Å²) in [7, 11) is -3.68. The number of carbonyl (C=O) groups is 1. The maximum Gasteiger partial charge on any atom is 0.410 e. The number of sulfonamides is 1. The molecule has 208 valence electrons. The minimum Gasteiger partial charge on any atom is -0.465 e. The van der Waals surface area contributed by atoms with Crippen molar-refractivity contribution < 1.29 is 23.4 Å². The Balaban J connectivity index is 1.45. The second-order valence-corrected chi connectivity index (χ2v) is 14.0. The summed E-state index contributed by atoms with van der Waals surface area (Å²) in [6.07, 6.45) is 3.54. The quantitative estimate of drug-likeness (QED) is 0.188. The van der Waals surface area contributed by atoms with Gasteiger partial charge in [-0.25, -0.2) is 22.9 Å². The highest BCUT2D eigenvalue weighted by Crippen LogP contribution is 2.46. The van der Waals surface area contributed by atoms with Crippen LogP contribution in [0.15, 0.2) is 54.7 Å². The monoisotopic (exact) mass is 598 g/mol. The van der Waals surface area contributed by atoms with Gasteiger partial charge in [0.15, 0.2) is 0 Å². The predicted octanol–water partition coefficient (Wildman–Crippen LogP) is 5.89. The Morgan fingerprint density at radius 1 is 1.15 bits per heavy atom. The average molecular weight is 599 g/mol. The number of halogens is 1. The number of carboxylic acid groups (broad SMARTS) is 1. The van der Waals surface area contributed by atoms with Gasteiger partial charge in [-0.3, -0.25) is 10.3 Å². The van der Waals surface area contributed by atoms with Gasteiger partial charge < -0.3 is 10.2 Å². The molecule has 0 aliphatic heterocycles. The molecule has 9 nitrogen and oxygen atoms in total. The lowest BCUT2D eigenvalue weighted by Crippen LogP contribution is -2.32. The molecule has 2 fully saturated rings. The Kier molecular flexibility index (Phi) is 6.82. The highest BCUT2D eigenvalue weighted by atomic mass is 35.5. The number of nitrogens with zero attached hydrogens (tertiary/aromatic N) is 2. The standard InChI is InChI=1S/C28H27ClN4O5S2/c1-28(36,16-5-6-16)17-11-12-30-21(14-17)19-4-2-3-15-13-22(39-26(15)19)25(33-40(37,38)18-7-8-18)24-20(29)9-10-23(31-24)32-27(34)35/h2-4,9-14,16,18,25,33,36H,5-8H2,1H3,(H,31,32)(H,34,35). The van der Waals surface area contributed by atoms with Crippen LogP contribution < -0.4 is 10.0 Å². The summed E-state index contributed by atoms with van der Waals surface area (Å²) < 4.78 is 29.9. The molecular weight excluding hydrogens is 572 g/mol. The van der Waals surface area contributed by atoms with Crippen molar-refractivity contribution in [1.82, 2.24) is 14.7 Å². The number of amides is 1. The maximum atomic E-state index is 13.1. The number of fused-ring (bicyclic) bond motifs is 1. The molecule has 2 saturated carbocycles. The summed E-state index contributed by atoms with van der Waals surface area (Å²) in [6, 6.07) is 13.4. The molecule has 2 aliphatic rings. The van der Waals surface area contributed by atoms with Gasteiger partial charge in [0.2, 0.25) is 10.0 Å². The zero-order valence-corrected chi connectivity index (χ0v) is 23.9. The smallest absolute Gasteiger partial charge is 0.410 e. The zero-order valence-electron chi connectivity index (χ0n) is 21.5. The van der Waals surface area contributed by atoms with Crippen LogP contribution in [0.3, 0.4) is 0 Å². The lowest BCUT2D eigenvalue weighted by Gasteiger charge is -2.24. The normalized spacial score (nSPS) is 17.9. The minimum atomic E-state index is -3.68. The molecule has 2 atom stereocenters. The SMILES string of the molecule is CC(O)(c1ccnc(-c2cccc3cc(C(NS(=O)(=O)C4CC4)c4nc(NC(=O)O)ccc4Cl)sc23)c1)C1CC1. The molecule has 6 rings (SSSR count). The van der Waals surface area contributed by atoms with E-state index in [4.69, 9.17) is 11.6 Å². The van der Waals surface area contributed by atoms with Crippen LogP contribution >= 0.6 is 22.9 Å². The van der Waals surface area contributed by atoms with E-state index in [9.17, 15) is 23.4 Å². The van der Waals surface area contributed by atoms with Crippen LogP contribution in [-0.4, -0.2) is 39.9 Å². The molecular formula is C28H27ClN4O5S2. The number of rotatable bonds is 9. The van der Waals surface area contributed by atoms with Gasteiger partial charge in [-0.05, 0) is 79.8 Å². The number of benzene rings is 1. The first-order chi connectivity index (χ1) is 19.0. The lowest BCUT2D eigenvalue weighted by atomic mass is 9.90. The largest absolute Gasteiger partial charge is 0.465 e. The number of aromatic nitrogens is 2. The van der Waals surface area contributed by atoms with Gasteiger partial charge in [0, 0.05) is 21.3 Å². The Morgan fingerprint density at radius 3 is 2.62 bits per heavy atom. The van der Waals surface area contributed by atoms with Crippen molar-refractivity contribution >= 4 is 55.0 Å². The Bertz CT molecular complexity index is 1730. The van der Waals surface area contributed by atoms with Gasteiger partial charge >= 0.3 is 6.09 Å². The van der Waals surface area contributed by atoms with Crippen LogP contribution in [0.25, 0.3) is 21.3 Å². The lowest BCUT2D eigenvalue weighted by molar-refractivity contribution is 0.0330. The van der Waals surface area contributed by atoms with E-state index < -0.39 is 33.0 Å². The molecule has 1 amide bonds. The summed E-state index contributed by atoms with van der Waals surface area (Å²) in [6.45, 7) is 1.84. The molecule has 2 aliphatic carbocycles. The second-order valence-electron chi connectivity index (χ2n) is 10.5. The third-order valence-electron chi connectivity index (χ3n) is 7.47. The molecule has 0 radical (unpaired) electrons. The van der Waals surface area contributed by atoms with E-state index in [2.05, 4.69) is 20.0 Å². The minimum absolute atomic E-state index is 0.0352. The van der Waals surface area contributed by atoms with Gasteiger partial charge in [0.1, 0.15) is 5.82 Å². The molecule has 4 N–H and O–H groups in total. The Hall–Kier alpha value is -3.09. The fraction of sp³-hybridized carbons (Fsp3) is 0.321. The van der Waals surface area contributed by atoms with E-state index in [0.29, 0.717) is 23.4 Å². The van der Waals surface area contributed by atoms with Gasteiger partial charge in [-0.1, -0.05) is 29.8 Å². The van der Waals surface area contributed by atoms with Crippen LogP contribution in [0.4, 0.5) is 10.6 Å². The van der Waals surface area contributed by atoms with Crippen LogP contribution in [0.2, 0.25) is 5.02 Å². The second kappa shape index (κ2) is 10.1. The molecule has 12 heteroatoms. The summed E-state index contributed by atoms with van der Waals surface area (Å²) in [5.74, 6) is 0.267. The van der Waals surface area contributed by atoms with Gasteiger partial charge in [-0.2, -0.15) is 0 Å². The van der Waals surface area contributed by atoms with E-state index in [1.807, 2.05) is 43.3 Å². The van der Waals surface area contributed by atoms with Crippen LogP contribution in [0.5, 0.6) is 0 Å². The number of thiophene rings is 1. The van der Waals surface area contributed by atoms with Crippen LogP contribution in [0.1, 0.15) is 54.8 Å². The third kappa shape index (κ3) is 5.31. The van der Waals surface area contributed by atoms with Crippen LogP contribution in [-0.2, 0) is 15.6 Å². The zero-order chi connectivity index (χ0) is 28.2. The van der Waals surface area contributed by atoms with Crippen molar-refractivity contribution in [2.24, 2.45) is 5.92 Å². The fourth-order valence-corrected chi connectivity index (χ4v) is 7.97. The molecule has 40 heavy (non-hydrogen) atoms. The predicted molar refractivity (Wildman–Crippen MR) is 155 cm³/mol. The number of aliphatic hydroxyl groups is 1. The number of anilines is 1. The molecule has 4 aromatic rings. The molecule has 3 heterocycles. The van der Waals surface area contributed by atoms with Gasteiger partial charge in [-0.15, -0.1) is 11.3 Å². The first-order valence-corrected chi connectivity index (χ1v) is 15.7. The van der Waals surface area contributed by atoms with E-state index in [0.717, 1.165) is 34.1 Å². The summed E-state index contributed by atoms with van der Waals surface area (Å²) in [4.78, 5) is 20.9. The molecule has 0 bridgehead atoms. The first-order valence-electron chi connectivity index (χ1n) is 12.9. The highest BCUT2D eigenvalue weighted by molar-refractivity contribution is 7.90. The topological polar surface area (TPSA) is 142 Å². The van der Waals surface area contributed by atoms with Crippen molar-refractivity contribution in [2.45, 2.75) is 49.5 Å². The molecule has 0 spiro atoms. The fourth-order valence-electron chi connectivity index (χ4n) is 4.93. The number of pyridine rings is 2. The number of hydrogen-bond acceptors (Lipinski definition) is 7. The number of hydrogen-bond donors (Lipinski definition) is 4. The molecule has 3 aromatic heterocycles. The third-order valence-corrected chi connectivity index (χ3v) is 10.9. The van der Waals surface area contributed by atoms with Crippen molar-refractivity contribution in [1.29, 1.82) is 0 Å². The highest BCUT2D eigenvalue weighted by Gasteiger charge is 2.41. The average Bonchev–Trinajstić information content (AvgIpc) is 3.83. The van der Waals surface area contributed by atoms with Crippen molar-refractivity contribution in [3.05, 3.63) is 75.9 Å². The Morgan fingerprint density at radius 2 is 1.93 bits per heavy atom. The number of nitrogens with one attached hydrogen (secondary N) is 2. The maximum absolute atomic E-state index is 13.1. The van der Waals surface area contributed by atoms with Crippen molar-refractivity contribution in [2.75, 3.05) is 5.32 Å². The van der Waals surface area contributed by atoms with Crippen LogP contribution in [0, 0.1) is 5.92 Å². The van der Waals surface area contributed by atoms with Gasteiger partial charge in [0.05, 0.1) is 33.3 Å². The van der Waals surface area contributed by atoms with Gasteiger partial charge in [0.25, 0.3) is 0 Å². The summed E-state index contributed by atoms with van der Waals surface area (Å²) in [5, 5.41) is 23.1. The van der Waals surface area contributed by atoms with Crippen molar-refractivity contribution in [3.63, 3.8) is 0 Å². The van der Waals surface area contributed by atoms with E-state index in [1.165, 1.54) is 23.5 Å². The van der Waals surface area contributed by atoms with E-state index >= 15 is 0 Å². The molecule has 2 unspecified atom stereocenters. The van der Waals surface area contributed by atoms with E-state index in [1.54, 1.807) is 6.20 Å². The van der Waals surface area contributed by atoms with E-state index in [-0.39, 0.29) is 22.5 Å². The first kappa shape index (κ1) is 27.1. The summed E-state index contributed by atoms with van der Waals surface area (Å²) in [5.41, 5.74) is 1.63. The van der Waals surface area contributed by atoms with Crippen molar-refractivity contribution in [3.8, 4) is 11.3 Å². The summed E-state index contributed by atoms with van der Waals surface area (Å²) >= 11 is 7.91. The molecule has 0 saturated heterocycles.